The predicted molar refractivity (Wildman–Crippen MR) is 73.4 cm³/mol. The number of carbonyl (C=O) groups excluding carboxylic acids is 2. The summed E-state index contributed by atoms with van der Waals surface area (Å²) in [6.07, 6.45) is 0.202. The third-order valence-electron chi connectivity index (χ3n) is 2.40. The molecule has 0 saturated heterocycles. The van der Waals surface area contributed by atoms with Crippen molar-refractivity contribution >= 4 is 29.9 Å². The molecule has 18 heavy (non-hydrogen) atoms. The first-order valence-electron chi connectivity index (χ1n) is 5.41. The number of carbonyl (C=O) groups is 2. The highest BCUT2D eigenvalue weighted by Gasteiger charge is 2.10. The Balaban J connectivity index is 0.00000289. The molecule has 1 aromatic carbocycles. The number of rotatable bonds is 5. The molecule has 1 aromatic rings. The molecule has 1 atom stereocenters. The lowest BCUT2D eigenvalue weighted by Gasteiger charge is -2.10. The lowest BCUT2D eigenvalue weighted by molar-refractivity contribution is -0.119. The van der Waals surface area contributed by atoms with Crippen LogP contribution in [0.25, 0.3) is 0 Å². The monoisotopic (exact) mass is 271 g/mol. The third-order valence-corrected chi connectivity index (χ3v) is 2.40. The summed E-state index contributed by atoms with van der Waals surface area (Å²) in [7, 11) is 0. The summed E-state index contributed by atoms with van der Waals surface area (Å²) in [6, 6.07) is 6.99. The summed E-state index contributed by atoms with van der Waals surface area (Å²) in [5.41, 5.74) is 12.0. The van der Waals surface area contributed by atoms with Crippen LogP contribution in [0, 0.1) is 5.92 Å². The lowest BCUT2D eigenvalue weighted by Crippen LogP contribution is -2.26. The SMILES string of the molecule is CC(CN)C(=O)Nc1ccc(CC(N)=O)cc1.Cl. The van der Waals surface area contributed by atoms with Crippen LogP contribution >= 0.6 is 12.4 Å². The maximum atomic E-state index is 11.5. The summed E-state index contributed by atoms with van der Waals surface area (Å²) in [5, 5.41) is 2.74. The molecule has 0 fully saturated rings. The molecule has 1 unspecified atom stereocenters. The number of hydrogen-bond donors (Lipinski definition) is 3. The van der Waals surface area contributed by atoms with E-state index < -0.39 is 0 Å². The number of nitrogens with two attached hydrogens (primary N) is 2. The number of nitrogens with one attached hydrogen (secondary N) is 1. The summed E-state index contributed by atoms with van der Waals surface area (Å²) < 4.78 is 0. The molecule has 0 spiro atoms. The zero-order chi connectivity index (χ0) is 12.8. The van der Waals surface area contributed by atoms with E-state index in [1.54, 1.807) is 31.2 Å². The standard InChI is InChI=1S/C12H17N3O2.ClH/c1-8(7-13)12(17)15-10-4-2-9(3-5-10)6-11(14)16;/h2-5,8H,6-7,13H2,1H3,(H2,14,16)(H,15,17);1H. The Bertz CT molecular complexity index is 406. The van der Waals surface area contributed by atoms with Crippen LogP contribution in [0.3, 0.4) is 0 Å². The van der Waals surface area contributed by atoms with Gasteiger partial charge in [0.15, 0.2) is 0 Å². The zero-order valence-electron chi connectivity index (χ0n) is 10.2. The Labute approximate surface area is 112 Å². The molecule has 0 saturated carbocycles. The van der Waals surface area contributed by atoms with Crippen LogP contribution in [0.5, 0.6) is 0 Å². The molecule has 0 aliphatic rings. The second-order valence-electron chi connectivity index (χ2n) is 3.97. The highest BCUT2D eigenvalue weighted by Crippen LogP contribution is 2.11. The van der Waals surface area contributed by atoms with Gasteiger partial charge in [-0.1, -0.05) is 19.1 Å². The minimum atomic E-state index is -0.376. The van der Waals surface area contributed by atoms with Crippen molar-refractivity contribution in [2.75, 3.05) is 11.9 Å². The van der Waals surface area contributed by atoms with E-state index in [0.717, 1.165) is 5.56 Å². The Kier molecular flexibility index (Phi) is 7.00. The van der Waals surface area contributed by atoms with Crippen LogP contribution in [-0.4, -0.2) is 18.4 Å². The molecule has 5 N–H and O–H groups in total. The highest BCUT2D eigenvalue weighted by atomic mass is 35.5. The van der Waals surface area contributed by atoms with Crippen molar-refractivity contribution in [3.8, 4) is 0 Å². The molecule has 1 rings (SSSR count). The first-order chi connectivity index (χ1) is 8.02. The number of amides is 2. The van der Waals surface area contributed by atoms with Gasteiger partial charge in [0.25, 0.3) is 0 Å². The average molecular weight is 272 g/mol. The van der Waals surface area contributed by atoms with Crippen molar-refractivity contribution in [3.05, 3.63) is 29.8 Å². The van der Waals surface area contributed by atoms with E-state index in [4.69, 9.17) is 11.5 Å². The van der Waals surface area contributed by atoms with E-state index in [-0.39, 0.29) is 36.6 Å². The zero-order valence-corrected chi connectivity index (χ0v) is 11.0. The highest BCUT2D eigenvalue weighted by molar-refractivity contribution is 5.92. The van der Waals surface area contributed by atoms with Crippen LogP contribution in [0.15, 0.2) is 24.3 Å². The Hall–Kier alpha value is -1.59. The quantitative estimate of drug-likeness (QED) is 0.734. The maximum absolute atomic E-state index is 11.5. The van der Waals surface area contributed by atoms with E-state index in [9.17, 15) is 9.59 Å². The first-order valence-corrected chi connectivity index (χ1v) is 5.41. The van der Waals surface area contributed by atoms with Crippen molar-refractivity contribution in [2.24, 2.45) is 17.4 Å². The normalized spacial score (nSPS) is 11.2. The molecule has 5 nitrogen and oxygen atoms in total. The smallest absolute Gasteiger partial charge is 0.228 e. The first kappa shape index (κ1) is 16.4. The van der Waals surface area contributed by atoms with Crippen LogP contribution < -0.4 is 16.8 Å². The number of anilines is 1. The van der Waals surface area contributed by atoms with E-state index in [0.29, 0.717) is 12.2 Å². The van der Waals surface area contributed by atoms with Gasteiger partial charge in [0, 0.05) is 18.2 Å². The van der Waals surface area contributed by atoms with E-state index >= 15 is 0 Å². The van der Waals surface area contributed by atoms with Gasteiger partial charge in [-0.2, -0.15) is 0 Å². The molecule has 6 heteroatoms. The van der Waals surface area contributed by atoms with Crippen LogP contribution in [0.4, 0.5) is 5.69 Å². The number of primary amides is 1. The van der Waals surface area contributed by atoms with Crippen molar-refractivity contribution < 1.29 is 9.59 Å². The van der Waals surface area contributed by atoms with Gasteiger partial charge in [-0.3, -0.25) is 9.59 Å². The van der Waals surface area contributed by atoms with Gasteiger partial charge in [0.2, 0.25) is 11.8 Å². The third kappa shape index (κ3) is 5.16. The van der Waals surface area contributed by atoms with E-state index in [1.165, 1.54) is 0 Å². The van der Waals surface area contributed by atoms with Gasteiger partial charge >= 0.3 is 0 Å². The molecule has 100 valence electrons. The molecule has 0 radical (unpaired) electrons. The predicted octanol–water partition coefficient (Wildman–Crippen LogP) is 0.670. The van der Waals surface area contributed by atoms with Crippen molar-refractivity contribution in [2.45, 2.75) is 13.3 Å². The number of halogens is 1. The Morgan fingerprint density at radius 2 is 1.83 bits per heavy atom. The second-order valence-corrected chi connectivity index (χ2v) is 3.97. The second kappa shape index (κ2) is 7.68. The summed E-state index contributed by atoms with van der Waals surface area (Å²) >= 11 is 0. The maximum Gasteiger partial charge on any atom is 0.228 e. The van der Waals surface area contributed by atoms with Gasteiger partial charge in [0.05, 0.1) is 6.42 Å². The molecule has 0 aliphatic heterocycles. The number of benzene rings is 1. The lowest BCUT2D eigenvalue weighted by atomic mass is 10.1. The minimum Gasteiger partial charge on any atom is -0.369 e. The molecular formula is C12H18ClN3O2. The fraction of sp³-hybridized carbons (Fsp3) is 0.333. The Morgan fingerprint density at radius 1 is 1.28 bits per heavy atom. The molecule has 0 heterocycles. The van der Waals surface area contributed by atoms with Crippen molar-refractivity contribution in [1.29, 1.82) is 0 Å². The van der Waals surface area contributed by atoms with Gasteiger partial charge in [-0.15, -0.1) is 12.4 Å². The summed E-state index contributed by atoms with van der Waals surface area (Å²) in [6.45, 7) is 2.07. The molecule has 2 amide bonds. The fourth-order valence-electron chi connectivity index (χ4n) is 1.28. The minimum absolute atomic E-state index is 0. The topological polar surface area (TPSA) is 98.2 Å². The number of hydrogen-bond acceptors (Lipinski definition) is 3. The van der Waals surface area contributed by atoms with Gasteiger partial charge in [-0.05, 0) is 17.7 Å². The van der Waals surface area contributed by atoms with E-state index in [2.05, 4.69) is 5.32 Å². The Morgan fingerprint density at radius 3 is 2.28 bits per heavy atom. The fourth-order valence-corrected chi connectivity index (χ4v) is 1.28. The van der Waals surface area contributed by atoms with Crippen LogP contribution in [0.2, 0.25) is 0 Å². The molecule has 0 aliphatic carbocycles. The van der Waals surface area contributed by atoms with Crippen LogP contribution in [0.1, 0.15) is 12.5 Å². The van der Waals surface area contributed by atoms with Crippen LogP contribution in [-0.2, 0) is 16.0 Å². The summed E-state index contributed by atoms with van der Waals surface area (Å²) in [4.78, 5) is 22.2. The van der Waals surface area contributed by atoms with Gasteiger partial charge in [-0.25, -0.2) is 0 Å². The van der Waals surface area contributed by atoms with Gasteiger partial charge in [0.1, 0.15) is 0 Å². The molecular weight excluding hydrogens is 254 g/mol. The van der Waals surface area contributed by atoms with Gasteiger partial charge < -0.3 is 16.8 Å². The molecule has 0 bridgehead atoms. The average Bonchev–Trinajstić information content (AvgIpc) is 2.30. The van der Waals surface area contributed by atoms with Crippen molar-refractivity contribution in [1.82, 2.24) is 0 Å². The molecule has 0 aromatic heterocycles. The van der Waals surface area contributed by atoms with Crippen molar-refractivity contribution in [3.63, 3.8) is 0 Å². The summed E-state index contributed by atoms with van der Waals surface area (Å²) in [5.74, 6) is -0.714. The van der Waals surface area contributed by atoms with E-state index in [1.807, 2.05) is 0 Å². The largest absolute Gasteiger partial charge is 0.369 e.